The van der Waals surface area contributed by atoms with Gasteiger partial charge in [-0.25, -0.2) is 4.39 Å². The molecular formula is C24H21FN2O2. The molecule has 0 radical (unpaired) electrons. The van der Waals surface area contributed by atoms with E-state index in [4.69, 9.17) is 10.00 Å². The Balaban J connectivity index is 1.51. The molecule has 0 bridgehead atoms. The van der Waals surface area contributed by atoms with E-state index in [0.717, 1.165) is 42.2 Å². The fourth-order valence-electron chi connectivity index (χ4n) is 3.68. The van der Waals surface area contributed by atoms with Crippen molar-refractivity contribution in [2.75, 3.05) is 26.2 Å². The van der Waals surface area contributed by atoms with Gasteiger partial charge < -0.3 is 4.74 Å². The highest BCUT2D eigenvalue weighted by molar-refractivity contribution is 6.11. The van der Waals surface area contributed by atoms with Gasteiger partial charge >= 0.3 is 0 Å². The second-order valence-electron chi connectivity index (χ2n) is 7.26. The molecule has 0 atom stereocenters. The molecule has 0 aromatic heterocycles. The number of likely N-dealkylation sites (tertiary alicyclic amines) is 1. The normalized spacial score (nSPS) is 14.1. The lowest BCUT2D eigenvalue weighted by atomic mass is 9.98. The van der Waals surface area contributed by atoms with Gasteiger partial charge in [0.25, 0.3) is 0 Å². The summed E-state index contributed by atoms with van der Waals surface area (Å²) >= 11 is 0. The van der Waals surface area contributed by atoms with Gasteiger partial charge in [-0.15, -0.1) is 0 Å². The van der Waals surface area contributed by atoms with Gasteiger partial charge in [0.05, 0.1) is 17.2 Å². The van der Waals surface area contributed by atoms with Crippen LogP contribution in [0.3, 0.4) is 0 Å². The topological polar surface area (TPSA) is 53.3 Å². The number of hydrogen-bond donors (Lipinski definition) is 0. The van der Waals surface area contributed by atoms with Crippen LogP contribution in [-0.2, 0) is 0 Å². The number of ketones is 1. The maximum absolute atomic E-state index is 14.1. The maximum atomic E-state index is 14.1. The van der Waals surface area contributed by atoms with E-state index in [1.54, 1.807) is 12.1 Å². The van der Waals surface area contributed by atoms with Gasteiger partial charge in [-0.2, -0.15) is 5.26 Å². The Morgan fingerprint density at radius 1 is 1.03 bits per heavy atom. The predicted molar refractivity (Wildman–Crippen MR) is 110 cm³/mol. The molecule has 0 unspecified atom stereocenters. The third-order valence-electron chi connectivity index (χ3n) is 5.29. The summed E-state index contributed by atoms with van der Waals surface area (Å²) in [6.07, 6.45) is 2.53. The zero-order valence-electron chi connectivity index (χ0n) is 16.0. The fourth-order valence-corrected chi connectivity index (χ4v) is 3.68. The summed E-state index contributed by atoms with van der Waals surface area (Å²) in [6.45, 7) is 3.88. The molecule has 5 heteroatoms. The molecule has 0 spiro atoms. The quantitative estimate of drug-likeness (QED) is 0.581. The highest BCUT2D eigenvalue weighted by Gasteiger charge is 2.16. The average Bonchev–Trinajstić information content (AvgIpc) is 3.27. The van der Waals surface area contributed by atoms with Crippen molar-refractivity contribution < 1.29 is 13.9 Å². The molecule has 3 aromatic carbocycles. The third-order valence-corrected chi connectivity index (χ3v) is 5.29. The van der Waals surface area contributed by atoms with Gasteiger partial charge in [0, 0.05) is 12.1 Å². The SMILES string of the molecule is N#Cc1ccc(F)c(C(=O)c2ccc3cc(OCCN4CCCC4)ccc3c2)c1. The van der Waals surface area contributed by atoms with Crippen molar-refractivity contribution >= 4 is 16.6 Å². The van der Waals surface area contributed by atoms with Crippen LogP contribution < -0.4 is 4.74 Å². The van der Waals surface area contributed by atoms with Gasteiger partial charge in [-0.05, 0) is 73.1 Å². The van der Waals surface area contributed by atoms with Crippen LogP contribution in [-0.4, -0.2) is 36.9 Å². The molecule has 4 rings (SSSR count). The van der Waals surface area contributed by atoms with E-state index in [1.165, 1.54) is 25.0 Å². The first kappa shape index (κ1) is 19.1. The average molecular weight is 388 g/mol. The van der Waals surface area contributed by atoms with Crippen LogP contribution in [0.5, 0.6) is 5.75 Å². The summed E-state index contributed by atoms with van der Waals surface area (Å²) in [6, 6.07) is 16.7. The minimum absolute atomic E-state index is 0.0923. The van der Waals surface area contributed by atoms with Gasteiger partial charge in [0.2, 0.25) is 0 Å². The minimum Gasteiger partial charge on any atom is -0.492 e. The second-order valence-corrected chi connectivity index (χ2v) is 7.26. The predicted octanol–water partition coefficient (Wildman–Crippen LogP) is 4.56. The molecule has 3 aromatic rings. The van der Waals surface area contributed by atoms with Crippen molar-refractivity contribution in [1.82, 2.24) is 4.90 Å². The Hall–Kier alpha value is -3.23. The van der Waals surface area contributed by atoms with Crippen LogP contribution >= 0.6 is 0 Å². The van der Waals surface area contributed by atoms with Crippen LogP contribution in [0.15, 0.2) is 54.6 Å². The Morgan fingerprint density at radius 3 is 2.59 bits per heavy atom. The monoisotopic (exact) mass is 388 g/mol. The van der Waals surface area contributed by atoms with E-state index in [9.17, 15) is 9.18 Å². The zero-order valence-corrected chi connectivity index (χ0v) is 16.0. The third kappa shape index (κ3) is 4.28. The van der Waals surface area contributed by atoms with Crippen LogP contribution in [0.4, 0.5) is 4.39 Å². The summed E-state index contributed by atoms with van der Waals surface area (Å²) in [7, 11) is 0. The van der Waals surface area contributed by atoms with Crippen LogP contribution in [0.25, 0.3) is 10.8 Å². The summed E-state index contributed by atoms with van der Waals surface area (Å²) < 4.78 is 20.0. The largest absolute Gasteiger partial charge is 0.492 e. The molecule has 1 fully saturated rings. The number of rotatable bonds is 6. The standard InChI is InChI=1S/C24H21FN2O2/c25-23-8-3-17(16-26)13-22(23)24(28)20-5-4-19-15-21(7-6-18(19)14-20)29-12-11-27-9-1-2-10-27/h3-8,13-15H,1-2,9-12H2. The molecule has 0 amide bonds. The minimum atomic E-state index is -0.629. The van der Waals surface area contributed by atoms with Gasteiger partial charge in [0.1, 0.15) is 18.2 Å². The van der Waals surface area contributed by atoms with E-state index in [-0.39, 0.29) is 11.1 Å². The number of fused-ring (bicyclic) bond motifs is 1. The molecule has 1 saturated heterocycles. The first-order valence-electron chi connectivity index (χ1n) is 9.77. The second kappa shape index (κ2) is 8.42. The van der Waals surface area contributed by atoms with E-state index in [1.807, 2.05) is 30.3 Å². The van der Waals surface area contributed by atoms with Crippen molar-refractivity contribution in [1.29, 1.82) is 5.26 Å². The Morgan fingerprint density at radius 2 is 1.79 bits per heavy atom. The Kier molecular flexibility index (Phi) is 5.55. The number of carbonyl (C=O) groups is 1. The molecule has 1 heterocycles. The zero-order chi connectivity index (χ0) is 20.2. The maximum Gasteiger partial charge on any atom is 0.196 e. The molecule has 1 aliphatic heterocycles. The van der Waals surface area contributed by atoms with Gasteiger partial charge in [0.15, 0.2) is 5.78 Å². The lowest BCUT2D eigenvalue weighted by molar-refractivity contribution is 0.103. The number of nitriles is 1. The molecule has 0 aliphatic carbocycles. The lowest BCUT2D eigenvalue weighted by Crippen LogP contribution is -2.25. The number of halogens is 1. The van der Waals surface area contributed by atoms with Crippen molar-refractivity contribution in [2.24, 2.45) is 0 Å². The lowest BCUT2D eigenvalue weighted by Gasteiger charge is -2.15. The Bertz CT molecular complexity index is 1100. The van der Waals surface area contributed by atoms with Gasteiger partial charge in [-0.1, -0.05) is 18.2 Å². The molecule has 1 aliphatic rings. The molecular weight excluding hydrogens is 367 g/mol. The number of ether oxygens (including phenoxy) is 1. The first-order chi connectivity index (χ1) is 14.1. The van der Waals surface area contributed by atoms with Crippen molar-refractivity contribution in [2.45, 2.75) is 12.8 Å². The summed E-state index contributed by atoms with van der Waals surface area (Å²) in [5.74, 6) is -0.271. The van der Waals surface area contributed by atoms with Gasteiger partial charge in [-0.3, -0.25) is 9.69 Å². The summed E-state index contributed by atoms with van der Waals surface area (Å²) in [5.41, 5.74) is 0.547. The number of hydrogen-bond acceptors (Lipinski definition) is 4. The van der Waals surface area contributed by atoms with Crippen LogP contribution in [0.1, 0.15) is 34.3 Å². The number of carbonyl (C=O) groups excluding carboxylic acids is 1. The summed E-state index contributed by atoms with van der Waals surface area (Å²) in [4.78, 5) is 15.1. The first-order valence-corrected chi connectivity index (χ1v) is 9.77. The van der Waals surface area contributed by atoms with E-state index >= 15 is 0 Å². The number of benzene rings is 3. The smallest absolute Gasteiger partial charge is 0.196 e. The van der Waals surface area contributed by atoms with Crippen LogP contribution in [0.2, 0.25) is 0 Å². The highest BCUT2D eigenvalue weighted by Crippen LogP contribution is 2.24. The van der Waals surface area contributed by atoms with Crippen molar-refractivity contribution in [3.63, 3.8) is 0 Å². The molecule has 0 N–H and O–H groups in total. The van der Waals surface area contributed by atoms with Crippen LogP contribution in [0, 0.1) is 17.1 Å². The molecule has 146 valence electrons. The fraction of sp³-hybridized carbons (Fsp3) is 0.250. The highest BCUT2D eigenvalue weighted by atomic mass is 19.1. The molecule has 0 saturated carbocycles. The van der Waals surface area contributed by atoms with E-state index in [2.05, 4.69) is 4.90 Å². The van der Waals surface area contributed by atoms with Crippen molar-refractivity contribution in [3.8, 4) is 11.8 Å². The Labute approximate surface area is 169 Å². The van der Waals surface area contributed by atoms with E-state index in [0.29, 0.717) is 12.2 Å². The molecule has 4 nitrogen and oxygen atoms in total. The number of nitrogens with zero attached hydrogens (tertiary/aromatic N) is 2. The summed E-state index contributed by atoms with van der Waals surface area (Å²) in [5, 5.41) is 10.8. The molecule has 29 heavy (non-hydrogen) atoms. The van der Waals surface area contributed by atoms with Crippen molar-refractivity contribution in [3.05, 3.63) is 77.1 Å². The van der Waals surface area contributed by atoms with E-state index < -0.39 is 11.6 Å².